The molecule has 0 fully saturated rings. The molecule has 0 atom stereocenters. The van der Waals surface area contributed by atoms with E-state index in [4.69, 9.17) is 5.73 Å². The molecule has 5 aromatic rings. The quantitative estimate of drug-likeness (QED) is 0.355. The predicted molar refractivity (Wildman–Crippen MR) is 112 cm³/mol. The molecule has 4 N–H and O–H groups in total. The molecule has 0 unspecified atom stereocenters. The summed E-state index contributed by atoms with van der Waals surface area (Å²) in [6, 6.07) is 10.2. The fraction of sp³-hybridized carbons (Fsp3) is 0.0500. The lowest BCUT2D eigenvalue weighted by atomic mass is 10.1. The van der Waals surface area contributed by atoms with Crippen molar-refractivity contribution >= 4 is 49.5 Å². The van der Waals surface area contributed by atoms with Crippen LogP contribution < -0.4 is 5.73 Å². The van der Waals surface area contributed by atoms with Crippen molar-refractivity contribution in [3.05, 3.63) is 70.0 Å². The molecular weight excluding hydrogens is 439 g/mol. The van der Waals surface area contributed by atoms with Crippen molar-refractivity contribution in [1.29, 1.82) is 0 Å². The molecule has 3 aromatic heterocycles. The molecule has 0 amide bonds. The third-order valence-electron chi connectivity index (χ3n) is 4.79. The van der Waals surface area contributed by atoms with E-state index in [1.807, 2.05) is 25.1 Å². The highest BCUT2D eigenvalue weighted by molar-refractivity contribution is 9.10. The summed E-state index contributed by atoms with van der Waals surface area (Å²) in [5, 5.41) is 4.99. The Morgan fingerprint density at radius 1 is 1.17 bits per heavy atom. The van der Waals surface area contributed by atoms with E-state index in [2.05, 4.69) is 36.0 Å². The molecule has 0 saturated heterocycles. The highest BCUT2D eigenvalue weighted by atomic mass is 79.9. The number of nitrogens with two attached hydrogens (primary N) is 1. The van der Waals surface area contributed by atoms with E-state index in [0.29, 0.717) is 26.8 Å². The van der Waals surface area contributed by atoms with Crippen molar-refractivity contribution in [2.75, 3.05) is 5.73 Å². The Morgan fingerprint density at radius 3 is 2.83 bits per heavy atom. The molecule has 144 valence electrons. The van der Waals surface area contributed by atoms with Crippen LogP contribution in [0.25, 0.3) is 27.6 Å². The van der Waals surface area contributed by atoms with Gasteiger partial charge >= 0.3 is 0 Å². The number of hydrogen-bond donors (Lipinski definition) is 3. The number of rotatable bonds is 3. The number of fused-ring (bicyclic) bond motifs is 2. The lowest BCUT2D eigenvalue weighted by molar-refractivity contribution is 0.103. The van der Waals surface area contributed by atoms with Gasteiger partial charge in [-0.1, -0.05) is 0 Å². The van der Waals surface area contributed by atoms with Crippen molar-refractivity contribution < 1.29 is 9.18 Å². The van der Waals surface area contributed by atoms with Crippen LogP contribution in [0.15, 0.2) is 47.1 Å². The number of ketones is 1. The van der Waals surface area contributed by atoms with Crippen LogP contribution in [0.5, 0.6) is 0 Å². The number of imidazole rings is 1. The summed E-state index contributed by atoms with van der Waals surface area (Å²) in [5.74, 6) is 0.295. The number of benzene rings is 2. The van der Waals surface area contributed by atoms with Gasteiger partial charge in [-0.3, -0.25) is 4.79 Å². The zero-order chi connectivity index (χ0) is 20.3. The summed E-state index contributed by atoms with van der Waals surface area (Å²) >= 11 is 3.15. The van der Waals surface area contributed by atoms with E-state index in [1.165, 1.54) is 16.9 Å². The van der Waals surface area contributed by atoms with Gasteiger partial charge < -0.3 is 15.7 Å². The van der Waals surface area contributed by atoms with E-state index in [1.54, 1.807) is 12.1 Å². The first kappa shape index (κ1) is 17.6. The fourth-order valence-electron chi connectivity index (χ4n) is 3.39. The van der Waals surface area contributed by atoms with Crippen molar-refractivity contribution in [3.8, 4) is 5.69 Å². The smallest absolute Gasteiger partial charge is 0.214 e. The number of nitrogens with one attached hydrogen (secondary N) is 2. The van der Waals surface area contributed by atoms with Crippen LogP contribution in [0, 0.1) is 12.7 Å². The molecule has 7 nitrogen and oxygen atoms in total. The average molecular weight is 453 g/mol. The maximum Gasteiger partial charge on any atom is 0.214 e. The van der Waals surface area contributed by atoms with Crippen LogP contribution in [0.4, 0.5) is 10.2 Å². The summed E-state index contributed by atoms with van der Waals surface area (Å²) in [7, 11) is 0. The highest BCUT2D eigenvalue weighted by Crippen LogP contribution is 2.27. The number of aromatic nitrogens is 5. The molecule has 0 radical (unpaired) electrons. The highest BCUT2D eigenvalue weighted by Gasteiger charge is 2.20. The Kier molecular flexibility index (Phi) is 3.82. The summed E-state index contributed by atoms with van der Waals surface area (Å²) < 4.78 is 15.6. The van der Waals surface area contributed by atoms with Crippen molar-refractivity contribution in [2.24, 2.45) is 0 Å². The Hall–Kier alpha value is -3.46. The predicted octanol–water partition coefficient (Wildman–Crippen LogP) is 4.25. The Labute approximate surface area is 171 Å². The van der Waals surface area contributed by atoms with Crippen molar-refractivity contribution in [2.45, 2.75) is 6.92 Å². The van der Waals surface area contributed by atoms with Gasteiger partial charge in [0.25, 0.3) is 0 Å². The second-order valence-corrected chi connectivity index (χ2v) is 7.60. The number of nitrogen functional groups attached to an aromatic ring is 1. The van der Waals surface area contributed by atoms with Crippen LogP contribution in [0.1, 0.15) is 21.9 Å². The second-order valence-electron chi connectivity index (χ2n) is 6.74. The number of aryl methyl sites for hydroxylation is 1. The van der Waals surface area contributed by atoms with Crippen LogP contribution in [0.2, 0.25) is 0 Å². The number of nitrogens with zero attached hydrogens (tertiary/aromatic N) is 3. The number of carbonyl (C=O) groups excluding carboxylic acids is 1. The average Bonchev–Trinajstić information content (AvgIpc) is 3.36. The minimum Gasteiger partial charge on any atom is -0.383 e. The molecule has 0 saturated carbocycles. The zero-order valence-electron chi connectivity index (χ0n) is 15.1. The summed E-state index contributed by atoms with van der Waals surface area (Å²) in [5.41, 5.74) is 9.72. The van der Waals surface area contributed by atoms with Crippen LogP contribution >= 0.6 is 15.9 Å². The number of halogens is 2. The molecule has 0 aliphatic rings. The summed E-state index contributed by atoms with van der Waals surface area (Å²) in [6.45, 7) is 1.88. The minimum absolute atomic E-state index is 0.215. The molecule has 5 rings (SSSR count). The van der Waals surface area contributed by atoms with E-state index in [9.17, 15) is 9.18 Å². The standard InChI is InChI=1S/C20H14BrFN6O/c1-9-25-15-3-2-11(6-17(15)26-9)28-20(23)12(8-24-28)19(29)18-5-10-4-13(21)14(22)7-16(10)27-18/h2-8,27H,23H2,1H3,(H,25,26). The number of hydrogen-bond acceptors (Lipinski definition) is 4. The molecule has 0 spiro atoms. The SMILES string of the molecule is Cc1nc2cc(-n3ncc(C(=O)c4cc5cc(Br)c(F)cc5[nH]4)c3N)ccc2[nH]1. The van der Waals surface area contributed by atoms with Gasteiger partial charge in [0.05, 0.1) is 38.6 Å². The normalized spacial score (nSPS) is 11.6. The van der Waals surface area contributed by atoms with Crippen molar-refractivity contribution in [3.63, 3.8) is 0 Å². The first-order valence-corrected chi connectivity index (χ1v) is 9.53. The van der Waals surface area contributed by atoms with Crippen LogP contribution in [-0.4, -0.2) is 30.5 Å². The van der Waals surface area contributed by atoms with Gasteiger partial charge in [-0.25, -0.2) is 14.1 Å². The number of anilines is 1. The van der Waals surface area contributed by atoms with Gasteiger partial charge in [-0.2, -0.15) is 5.10 Å². The van der Waals surface area contributed by atoms with E-state index >= 15 is 0 Å². The lowest BCUT2D eigenvalue weighted by Crippen LogP contribution is -2.07. The lowest BCUT2D eigenvalue weighted by Gasteiger charge is -2.05. The van der Waals surface area contributed by atoms with Gasteiger partial charge in [0.1, 0.15) is 17.5 Å². The van der Waals surface area contributed by atoms with Gasteiger partial charge in [0.2, 0.25) is 5.78 Å². The number of aromatic amines is 2. The van der Waals surface area contributed by atoms with Crippen LogP contribution in [-0.2, 0) is 0 Å². The van der Waals surface area contributed by atoms with E-state index < -0.39 is 5.82 Å². The molecule has 0 aliphatic heterocycles. The monoisotopic (exact) mass is 452 g/mol. The summed E-state index contributed by atoms with van der Waals surface area (Å²) in [4.78, 5) is 23.5. The van der Waals surface area contributed by atoms with Gasteiger partial charge in [-0.15, -0.1) is 0 Å². The van der Waals surface area contributed by atoms with E-state index in [-0.39, 0.29) is 17.2 Å². The molecule has 0 aliphatic carbocycles. The Balaban J connectivity index is 1.55. The molecule has 29 heavy (non-hydrogen) atoms. The molecule has 2 aromatic carbocycles. The zero-order valence-corrected chi connectivity index (χ0v) is 16.7. The minimum atomic E-state index is -0.408. The second kappa shape index (κ2) is 6.28. The number of carbonyl (C=O) groups is 1. The maximum atomic E-state index is 13.8. The van der Waals surface area contributed by atoms with Gasteiger partial charge in [0.15, 0.2) is 0 Å². The Bertz CT molecular complexity index is 1390. The molecule has 9 heteroatoms. The first-order chi connectivity index (χ1) is 13.9. The number of H-pyrrole nitrogens is 2. The van der Waals surface area contributed by atoms with Gasteiger partial charge in [0, 0.05) is 10.9 Å². The molecule has 3 heterocycles. The van der Waals surface area contributed by atoms with Crippen LogP contribution in [0.3, 0.4) is 0 Å². The third kappa shape index (κ3) is 2.82. The van der Waals surface area contributed by atoms with Crippen molar-refractivity contribution in [1.82, 2.24) is 24.7 Å². The fourth-order valence-corrected chi connectivity index (χ4v) is 3.75. The topological polar surface area (TPSA) is 105 Å². The Morgan fingerprint density at radius 2 is 2.00 bits per heavy atom. The maximum absolute atomic E-state index is 13.8. The molecular formula is C20H14BrFN6O. The van der Waals surface area contributed by atoms with Gasteiger partial charge in [-0.05, 0) is 59.3 Å². The first-order valence-electron chi connectivity index (χ1n) is 8.73. The largest absolute Gasteiger partial charge is 0.383 e. The molecule has 0 bridgehead atoms. The summed E-state index contributed by atoms with van der Waals surface area (Å²) in [6.07, 6.45) is 1.43. The van der Waals surface area contributed by atoms with E-state index in [0.717, 1.165) is 16.9 Å². The third-order valence-corrected chi connectivity index (χ3v) is 5.39.